The molecule has 0 spiro atoms. The number of allylic oxidation sites excluding steroid dienone is 6. The van der Waals surface area contributed by atoms with Crippen LogP contribution in [-0.2, 0) is 18.4 Å². The number of aliphatic hydroxyl groups excluding tert-OH is 1. The minimum absolute atomic E-state index is 0.00743. The van der Waals surface area contributed by atoms with Crippen molar-refractivity contribution in [3.05, 3.63) is 36.5 Å². The number of amides is 1. The van der Waals surface area contributed by atoms with Crippen LogP contribution in [0.1, 0.15) is 149 Å². The number of hydrogen-bond donors (Lipinski definition) is 2. The number of carbonyl (C=O) groups is 1. The van der Waals surface area contributed by atoms with Crippen LogP contribution in [0.2, 0.25) is 0 Å². The number of phosphoric ester groups is 1. The Kier molecular flexibility index (Phi) is 29.9. The Balaban J connectivity index is 4.31. The molecule has 0 heterocycles. The second-order valence-corrected chi connectivity index (χ2v) is 15.3. The minimum Gasteiger partial charge on any atom is -0.756 e. The SMILES string of the molecule is CCCCC/C=C\C/C=C\C/C=C\CCCCCCCCC(=O)NC(COP(=O)([O-])OCC[N+](C)(C)C)C(O)CCCCCCCC. The molecule has 0 bridgehead atoms. The highest BCUT2D eigenvalue weighted by Gasteiger charge is 2.24. The topological polar surface area (TPSA) is 108 Å². The maximum Gasteiger partial charge on any atom is 0.268 e. The van der Waals surface area contributed by atoms with Crippen LogP contribution in [0.5, 0.6) is 0 Å². The fourth-order valence-corrected chi connectivity index (χ4v) is 5.77. The lowest BCUT2D eigenvalue weighted by molar-refractivity contribution is -0.870. The molecular weight excluding hydrogens is 611 g/mol. The van der Waals surface area contributed by atoms with Crippen LogP contribution in [0.3, 0.4) is 0 Å². The van der Waals surface area contributed by atoms with Gasteiger partial charge in [-0.05, 0) is 51.4 Å². The Bertz CT molecular complexity index is 871. The van der Waals surface area contributed by atoms with Gasteiger partial charge < -0.3 is 28.8 Å². The van der Waals surface area contributed by atoms with Crippen molar-refractivity contribution in [2.24, 2.45) is 0 Å². The first-order valence-corrected chi connectivity index (χ1v) is 20.3. The summed E-state index contributed by atoms with van der Waals surface area (Å²) in [6.07, 6.45) is 34.5. The third-order valence-corrected chi connectivity index (χ3v) is 9.10. The van der Waals surface area contributed by atoms with Gasteiger partial charge in [-0.15, -0.1) is 0 Å². The van der Waals surface area contributed by atoms with Gasteiger partial charge in [0.15, 0.2) is 0 Å². The Morgan fingerprint density at radius 2 is 1.23 bits per heavy atom. The van der Waals surface area contributed by atoms with Crippen molar-refractivity contribution in [2.75, 3.05) is 40.9 Å². The molecule has 0 aliphatic carbocycles. The molecule has 0 saturated heterocycles. The highest BCUT2D eigenvalue weighted by Crippen LogP contribution is 2.38. The molecule has 0 radical (unpaired) electrons. The lowest BCUT2D eigenvalue weighted by Crippen LogP contribution is -2.46. The lowest BCUT2D eigenvalue weighted by atomic mass is 10.0. The van der Waals surface area contributed by atoms with Gasteiger partial charge in [0.1, 0.15) is 13.2 Å². The number of rotatable bonds is 33. The maximum atomic E-state index is 12.7. The monoisotopic (exact) mass is 685 g/mol. The van der Waals surface area contributed by atoms with Crippen molar-refractivity contribution in [1.29, 1.82) is 0 Å². The highest BCUT2D eigenvalue weighted by atomic mass is 31.2. The summed E-state index contributed by atoms with van der Waals surface area (Å²) < 4.78 is 23.0. The number of nitrogens with one attached hydrogen (secondary N) is 1. The standard InChI is InChI=1S/C38H73N2O6P/c1-6-8-10-12-14-15-16-17-18-19-20-21-22-23-24-25-26-28-30-32-38(42)39-36(37(41)31-29-27-13-11-9-7-2)35-46-47(43,44)45-34-33-40(3,4)5/h14-15,17-18,20-21,36-37,41H,6-13,16,19,22-35H2,1-5H3,(H-,39,42,43,44)/b15-14-,18-17-,21-20-. The first-order valence-electron chi connectivity index (χ1n) is 18.8. The van der Waals surface area contributed by atoms with Crippen LogP contribution in [0, 0.1) is 0 Å². The van der Waals surface area contributed by atoms with E-state index in [4.69, 9.17) is 9.05 Å². The lowest BCUT2D eigenvalue weighted by Gasteiger charge is -2.30. The molecule has 0 aliphatic heterocycles. The van der Waals surface area contributed by atoms with Gasteiger partial charge in [0.05, 0.1) is 39.9 Å². The van der Waals surface area contributed by atoms with Crippen LogP contribution < -0.4 is 10.2 Å². The van der Waals surface area contributed by atoms with Gasteiger partial charge in [-0.2, -0.15) is 0 Å². The smallest absolute Gasteiger partial charge is 0.268 e. The molecular formula is C38H73N2O6P. The summed E-state index contributed by atoms with van der Waals surface area (Å²) >= 11 is 0. The van der Waals surface area contributed by atoms with Crippen LogP contribution >= 0.6 is 7.82 Å². The summed E-state index contributed by atoms with van der Waals surface area (Å²) in [4.78, 5) is 25.0. The van der Waals surface area contributed by atoms with Crippen molar-refractivity contribution < 1.29 is 32.9 Å². The Morgan fingerprint density at radius 1 is 0.745 bits per heavy atom. The van der Waals surface area contributed by atoms with Gasteiger partial charge in [-0.25, -0.2) is 0 Å². The highest BCUT2D eigenvalue weighted by molar-refractivity contribution is 7.45. The minimum atomic E-state index is -4.55. The third kappa shape index (κ3) is 33.0. The molecule has 0 aromatic rings. The largest absolute Gasteiger partial charge is 0.756 e. The number of unbranched alkanes of at least 4 members (excludes halogenated alkanes) is 14. The van der Waals surface area contributed by atoms with Crippen LogP contribution in [0.4, 0.5) is 0 Å². The quantitative estimate of drug-likeness (QED) is 0.0309. The zero-order valence-electron chi connectivity index (χ0n) is 31.0. The van der Waals surface area contributed by atoms with E-state index in [1.54, 1.807) is 0 Å². The molecule has 8 nitrogen and oxygen atoms in total. The molecule has 0 rings (SSSR count). The molecule has 0 saturated carbocycles. The van der Waals surface area contributed by atoms with Gasteiger partial charge in [0.25, 0.3) is 7.82 Å². The van der Waals surface area contributed by atoms with Crippen molar-refractivity contribution in [1.82, 2.24) is 5.32 Å². The molecule has 0 fully saturated rings. The van der Waals surface area contributed by atoms with Crippen molar-refractivity contribution in [2.45, 2.75) is 161 Å². The number of carbonyl (C=O) groups excluding carboxylic acids is 1. The summed E-state index contributed by atoms with van der Waals surface area (Å²) in [5.41, 5.74) is 0. The average molecular weight is 685 g/mol. The van der Waals surface area contributed by atoms with Crippen LogP contribution in [0.25, 0.3) is 0 Å². The molecule has 276 valence electrons. The summed E-state index contributed by atoms with van der Waals surface area (Å²) in [5.74, 6) is -0.186. The molecule has 9 heteroatoms. The summed E-state index contributed by atoms with van der Waals surface area (Å²) in [6.45, 7) is 4.58. The number of nitrogens with zero attached hydrogens (tertiary/aromatic N) is 1. The van der Waals surface area contributed by atoms with Crippen molar-refractivity contribution >= 4 is 13.7 Å². The van der Waals surface area contributed by atoms with Crippen molar-refractivity contribution in [3.63, 3.8) is 0 Å². The van der Waals surface area contributed by atoms with E-state index in [9.17, 15) is 19.4 Å². The Morgan fingerprint density at radius 3 is 1.83 bits per heavy atom. The van der Waals surface area contributed by atoms with Gasteiger partial charge in [0.2, 0.25) is 5.91 Å². The summed E-state index contributed by atoms with van der Waals surface area (Å²) in [7, 11) is 1.28. The second kappa shape index (κ2) is 30.8. The molecule has 3 atom stereocenters. The molecule has 0 aromatic carbocycles. The molecule has 2 N–H and O–H groups in total. The fraction of sp³-hybridized carbons (Fsp3) is 0.816. The van der Waals surface area contributed by atoms with Gasteiger partial charge >= 0.3 is 0 Å². The Hall–Kier alpha value is -1.28. The number of hydrogen-bond acceptors (Lipinski definition) is 6. The summed E-state index contributed by atoms with van der Waals surface area (Å²) in [5, 5.41) is 13.7. The maximum absolute atomic E-state index is 12.7. The van der Waals surface area contributed by atoms with Crippen LogP contribution in [-0.4, -0.2) is 68.5 Å². The fourth-order valence-electron chi connectivity index (χ4n) is 5.04. The predicted octanol–water partition coefficient (Wildman–Crippen LogP) is 8.94. The van der Waals surface area contributed by atoms with E-state index in [-0.39, 0.29) is 19.1 Å². The van der Waals surface area contributed by atoms with E-state index >= 15 is 0 Å². The van der Waals surface area contributed by atoms with E-state index in [0.717, 1.165) is 64.2 Å². The van der Waals surface area contributed by atoms with E-state index in [1.165, 1.54) is 57.8 Å². The first-order chi connectivity index (χ1) is 22.5. The zero-order chi connectivity index (χ0) is 35.1. The predicted molar refractivity (Wildman–Crippen MR) is 196 cm³/mol. The van der Waals surface area contributed by atoms with Crippen LogP contribution in [0.15, 0.2) is 36.5 Å². The van der Waals surface area contributed by atoms with E-state index in [1.807, 2.05) is 21.1 Å². The summed E-state index contributed by atoms with van der Waals surface area (Å²) in [6, 6.07) is -0.803. The molecule has 1 amide bonds. The molecule has 0 aromatic heterocycles. The molecule has 0 aliphatic rings. The number of quaternary nitrogens is 1. The number of likely N-dealkylation sites (N-methyl/N-ethyl adjacent to an activating group) is 1. The van der Waals surface area contributed by atoms with E-state index in [2.05, 4.69) is 55.6 Å². The Labute approximate surface area is 289 Å². The number of phosphoric acid groups is 1. The molecule has 3 unspecified atom stereocenters. The average Bonchev–Trinajstić information content (AvgIpc) is 3.01. The van der Waals surface area contributed by atoms with Gasteiger partial charge in [0, 0.05) is 6.42 Å². The van der Waals surface area contributed by atoms with E-state index < -0.39 is 20.0 Å². The normalized spacial score (nSPS) is 15.1. The van der Waals surface area contributed by atoms with E-state index in [0.29, 0.717) is 23.9 Å². The third-order valence-electron chi connectivity index (χ3n) is 8.13. The van der Waals surface area contributed by atoms with Gasteiger partial charge in [-0.1, -0.05) is 127 Å². The second-order valence-electron chi connectivity index (χ2n) is 13.9. The number of aliphatic hydroxyl groups is 1. The van der Waals surface area contributed by atoms with Gasteiger partial charge in [-0.3, -0.25) is 9.36 Å². The zero-order valence-corrected chi connectivity index (χ0v) is 31.9. The van der Waals surface area contributed by atoms with Crippen molar-refractivity contribution in [3.8, 4) is 0 Å². The molecule has 47 heavy (non-hydrogen) atoms. The first kappa shape index (κ1) is 45.7.